The van der Waals surface area contributed by atoms with E-state index in [0.717, 1.165) is 21.0 Å². The van der Waals surface area contributed by atoms with Gasteiger partial charge in [-0.15, -0.1) is 0 Å². The highest BCUT2D eigenvalue weighted by Crippen LogP contribution is 2.30. The van der Waals surface area contributed by atoms with Crippen LogP contribution in [0.4, 0.5) is 5.69 Å². The number of aryl methyl sites for hydroxylation is 2. The van der Waals surface area contributed by atoms with Crippen molar-refractivity contribution in [3.8, 4) is 0 Å². The topological polar surface area (TPSA) is 86.8 Å². The molecular formula is C36H40ClN3O4S. The highest BCUT2D eigenvalue weighted by molar-refractivity contribution is 7.92. The zero-order valence-corrected chi connectivity index (χ0v) is 27.7. The molecule has 2 amide bonds. The molecule has 0 unspecified atom stereocenters. The first kappa shape index (κ1) is 33.7. The van der Waals surface area contributed by atoms with Crippen molar-refractivity contribution in [2.24, 2.45) is 0 Å². The molecule has 0 saturated heterocycles. The summed E-state index contributed by atoms with van der Waals surface area (Å²) in [5.41, 5.74) is 3.68. The third kappa shape index (κ3) is 8.74. The summed E-state index contributed by atoms with van der Waals surface area (Å²) in [5.74, 6) is -0.820. The average molecular weight is 646 g/mol. The van der Waals surface area contributed by atoms with Gasteiger partial charge in [-0.25, -0.2) is 8.42 Å². The minimum absolute atomic E-state index is 0.0395. The third-order valence-corrected chi connectivity index (χ3v) is 9.80. The lowest BCUT2D eigenvalue weighted by Crippen LogP contribution is -2.54. The van der Waals surface area contributed by atoms with E-state index in [2.05, 4.69) is 5.32 Å². The van der Waals surface area contributed by atoms with Gasteiger partial charge in [0, 0.05) is 24.0 Å². The van der Waals surface area contributed by atoms with Crippen LogP contribution >= 0.6 is 11.6 Å². The second-order valence-electron chi connectivity index (χ2n) is 11.3. The van der Waals surface area contributed by atoms with Gasteiger partial charge in [0.2, 0.25) is 11.8 Å². The third-order valence-electron chi connectivity index (χ3n) is 7.80. The first-order chi connectivity index (χ1) is 21.5. The van der Waals surface area contributed by atoms with Gasteiger partial charge < -0.3 is 10.2 Å². The van der Waals surface area contributed by atoms with Crippen LogP contribution in [-0.2, 0) is 32.6 Å². The Labute approximate surface area is 271 Å². The standard InChI is InChI=1S/C36H40ClN3O4S/c1-5-28(4)38-36(42)34(22-29-12-8-6-9-13-29)39(24-30-19-16-26(2)17-20-30)35(41)25-40(33-23-31(37)21-18-27(33)3)45(43,44)32-14-10-7-11-15-32/h6-21,23,28,34H,5,22,24-25H2,1-4H3,(H,38,42)/t28-,34-/m1/s1. The maximum Gasteiger partial charge on any atom is 0.264 e. The summed E-state index contributed by atoms with van der Waals surface area (Å²) in [4.78, 5) is 30.0. The predicted octanol–water partition coefficient (Wildman–Crippen LogP) is 6.71. The molecule has 4 aromatic rings. The summed E-state index contributed by atoms with van der Waals surface area (Å²) in [6.07, 6.45) is 0.967. The number of hydrogen-bond donors (Lipinski definition) is 1. The zero-order valence-electron chi connectivity index (χ0n) is 26.1. The Hall–Kier alpha value is -4.14. The Morgan fingerprint density at radius 3 is 2.09 bits per heavy atom. The number of amides is 2. The van der Waals surface area contributed by atoms with E-state index in [-0.39, 0.29) is 29.8 Å². The molecule has 0 heterocycles. The Morgan fingerprint density at radius 2 is 1.47 bits per heavy atom. The summed E-state index contributed by atoms with van der Waals surface area (Å²) in [7, 11) is -4.20. The minimum atomic E-state index is -4.20. The molecule has 0 bridgehead atoms. The Bertz CT molecular complexity index is 1700. The second kappa shape index (κ2) is 15.2. The molecule has 4 aromatic carbocycles. The van der Waals surface area contributed by atoms with E-state index in [0.29, 0.717) is 22.7 Å². The molecule has 0 radical (unpaired) electrons. The van der Waals surface area contributed by atoms with E-state index >= 15 is 0 Å². The molecule has 0 aliphatic heterocycles. The average Bonchev–Trinajstić information content (AvgIpc) is 3.04. The maximum absolute atomic E-state index is 14.6. The van der Waals surface area contributed by atoms with E-state index in [1.807, 2.05) is 75.4 Å². The number of carbonyl (C=O) groups excluding carboxylic acids is 2. The smallest absolute Gasteiger partial charge is 0.264 e. The number of rotatable bonds is 13. The first-order valence-electron chi connectivity index (χ1n) is 15.0. The molecule has 9 heteroatoms. The van der Waals surface area contributed by atoms with E-state index in [1.54, 1.807) is 43.3 Å². The molecule has 4 rings (SSSR count). The van der Waals surface area contributed by atoms with Gasteiger partial charge in [0.05, 0.1) is 10.6 Å². The van der Waals surface area contributed by atoms with Crippen molar-refractivity contribution in [3.63, 3.8) is 0 Å². The largest absolute Gasteiger partial charge is 0.352 e. The van der Waals surface area contributed by atoms with Crippen molar-refractivity contribution in [1.29, 1.82) is 0 Å². The van der Waals surface area contributed by atoms with Crippen LogP contribution in [0.25, 0.3) is 0 Å². The monoisotopic (exact) mass is 645 g/mol. The predicted molar refractivity (Wildman–Crippen MR) is 181 cm³/mol. The van der Waals surface area contributed by atoms with Crippen molar-refractivity contribution >= 4 is 39.1 Å². The Morgan fingerprint density at radius 1 is 0.844 bits per heavy atom. The van der Waals surface area contributed by atoms with Crippen LogP contribution in [0.5, 0.6) is 0 Å². The SMILES string of the molecule is CC[C@@H](C)NC(=O)[C@@H](Cc1ccccc1)N(Cc1ccc(C)cc1)C(=O)CN(c1cc(Cl)ccc1C)S(=O)(=O)c1ccccc1. The molecule has 0 spiro atoms. The number of nitrogens with one attached hydrogen (secondary N) is 1. The molecule has 0 fully saturated rings. The molecule has 2 atom stereocenters. The first-order valence-corrected chi connectivity index (χ1v) is 16.8. The minimum Gasteiger partial charge on any atom is -0.352 e. The summed E-state index contributed by atoms with van der Waals surface area (Å²) in [6.45, 7) is 7.21. The summed E-state index contributed by atoms with van der Waals surface area (Å²) < 4.78 is 29.4. The summed E-state index contributed by atoms with van der Waals surface area (Å²) >= 11 is 6.35. The molecule has 0 aliphatic carbocycles. The fourth-order valence-corrected chi connectivity index (χ4v) is 6.63. The number of halogens is 1. The van der Waals surface area contributed by atoms with E-state index in [1.165, 1.54) is 17.0 Å². The van der Waals surface area contributed by atoms with Crippen LogP contribution < -0.4 is 9.62 Å². The molecule has 0 aliphatic rings. The fourth-order valence-electron chi connectivity index (χ4n) is 4.97. The molecule has 7 nitrogen and oxygen atoms in total. The number of benzene rings is 4. The van der Waals surface area contributed by atoms with Crippen LogP contribution in [0.3, 0.4) is 0 Å². The quantitative estimate of drug-likeness (QED) is 0.175. The van der Waals surface area contributed by atoms with Gasteiger partial charge in [0.15, 0.2) is 0 Å². The lowest BCUT2D eigenvalue weighted by Gasteiger charge is -2.34. The van der Waals surface area contributed by atoms with Crippen LogP contribution in [0, 0.1) is 13.8 Å². The highest BCUT2D eigenvalue weighted by atomic mass is 35.5. The van der Waals surface area contributed by atoms with Crippen LogP contribution in [-0.4, -0.2) is 43.8 Å². The number of nitrogens with zero attached hydrogens (tertiary/aromatic N) is 2. The Kier molecular flexibility index (Phi) is 11.4. The van der Waals surface area contributed by atoms with Crippen molar-refractivity contribution in [1.82, 2.24) is 10.2 Å². The van der Waals surface area contributed by atoms with Crippen molar-refractivity contribution < 1.29 is 18.0 Å². The summed E-state index contributed by atoms with van der Waals surface area (Å²) in [5, 5.41) is 3.39. The van der Waals surface area contributed by atoms with Crippen molar-refractivity contribution in [2.75, 3.05) is 10.8 Å². The van der Waals surface area contributed by atoms with Crippen LogP contribution in [0.15, 0.2) is 108 Å². The molecular weight excluding hydrogens is 606 g/mol. The Balaban J connectivity index is 1.83. The molecule has 0 aromatic heterocycles. The van der Waals surface area contributed by atoms with E-state index in [4.69, 9.17) is 11.6 Å². The van der Waals surface area contributed by atoms with Crippen molar-refractivity contribution in [3.05, 3.63) is 130 Å². The molecule has 1 N–H and O–H groups in total. The number of carbonyl (C=O) groups is 2. The molecule has 0 saturated carbocycles. The fraction of sp³-hybridized carbons (Fsp3) is 0.278. The van der Waals surface area contributed by atoms with E-state index in [9.17, 15) is 18.0 Å². The zero-order chi connectivity index (χ0) is 32.6. The normalized spacial score (nSPS) is 12.6. The highest BCUT2D eigenvalue weighted by Gasteiger charge is 2.35. The molecule has 45 heavy (non-hydrogen) atoms. The lowest BCUT2D eigenvalue weighted by atomic mass is 10.0. The van der Waals surface area contributed by atoms with Gasteiger partial charge >= 0.3 is 0 Å². The van der Waals surface area contributed by atoms with Gasteiger partial charge in [0.1, 0.15) is 12.6 Å². The molecule has 236 valence electrons. The number of hydrogen-bond acceptors (Lipinski definition) is 4. The number of anilines is 1. The van der Waals surface area contributed by atoms with Gasteiger partial charge in [-0.05, 0) is 68.1 Å². The van der Waals surface area contributed by atoms with Crippen LogP contribution in [0.2, 0.25) is 5.02 Å². The summed E-state index contributed by atoms with van der Waals surface area (Å²) in [6, 6.07) is 29.2. The lowest BCUT2D eigenvalue weighted by molar-refractivity contribution is -0.140. The maximum atomic E-state index is 14.6. The van der Waals surface area contributed by atoms with Gasteiger partial charge in [-0.2, -0.15) is 0 Å². The number of sulfonamides is 1. The van der Waals surface area contributed by atoms with Gasteiger partial charge in [0.25, 0.3) is 10.0 Å². The van der Waals surface area contributed by atoms with Crippen molar-refractivity contribution in [2.45, 2.75) is 64.1 Å². The second-order valence-corrected chi connectivity index (χ2v) is 13.6. The van der Waals surface area contributed by atoms with E-state index < -0.39 is 28.5 Å². The van der Waals surface area contributed by atoms with Crippen LogP contribution in [0.1, 0.15) is 42.5 Å². The van der Waals surface area contributed by atoms with Gasteiger partial charge in [-0.1, -0.05) is 103 Å². The van der Waals surface area contributed by atoms with Gasteiger partial charge in [-0.3, -0.25) is 13.9 Å².